The summed E-state index contributed by atoms with van der Waals surface area (Å²) < 4.78 is 0. The number of hydrogen-bond donors (Lipinski definition) is 1. The molecule has 24 heavy (non-hydrogen) atoms. The highest BCUT2D eigenvalue weighted by Crippen LogP contribution is 2.29. The van der Waals surface area contributed by atoms with Crippen molar-refractivity contribution in [2.75, 3.05) is 0 Å². The molecule has 0 aliphatic rings. The van der Waals surface area contributed by atoms with E-state index in [1.54, 1.807) is 6.92 Å². The van der Waals surface area contributed by atoms with Crippen LogP contribution in [0.25, 0.3) is 28.5 Å². The van der Waals surface area contributed by atoms with Crippen molar-refractivity contribution >= 4 is 22.9 Å². The van der Waals surface area contributed by atoms with Gasteiger partial charge in [-0.05, 0) is 62.1 Å². The highest BCUT2D eigenvalue weighted by atomic mass is 16.1. The number of aromatic amines is 1. The van der Waals surface area contributed by atoms with Crippen LogP contribution in [0.2, 0.25) is 0 Å². The zero-order chi connectivity index (χ0) is 17.3. The number of Topliss-reactive ketones (excluding diaryl/α,β-unsaturated/α-hetero) is 1. The molecule has 1 heterocycles. The van der Waals surface area contributed by atoms with Crippen LogP contribution in [0.1, 0.15) is 47.3 Å². The molecule has 122 valence electrons. The molecule has 1 N–H and O–H groups in total. The molecule has 0 spiro atoms. The Hall–Kier alpha value is -2.68. The Morgan fingerprint density at radius 3 is 2.71 bits per heavy atom. The fourth-order valence-corrected chi connectivity index (χ4v) is 2.97. The molecule has 0 unspecified atom stereocenters. The summed E-state index contributed by atoms with van der Waals surface area (Å²) in [4.78, 5) is 19.6. The van der Waals surface area contributed by atoms with E-state index < -0.39 is 0 Å². The van der Waals surface area contributed by atoms with E-state index >= 15 is 0 Å². The van der Waals surface area contributed by atoms with Crippen molar-refractivity contribution in [3.8, 4) is 11.4 Å². The minimum atomic E-state index is 0.0616. The van der Waals surface area contributed by atoms with Crippen LogP contribution < -0.4 is 0 Å². The number of ketones is 1. The first-order chi connectivity index (χ1) is 11.5. The zero-order valence-electron chi connectivity index (χ0n) is 14.6. The fraction of sp³-hybridized carbons (Fsp3) is 0.238. The number of rotatable bonds is 4. The van der Waals surface area contributed by atoms with Crippen molar-refractivity contribution in [1.29, 1.82) is 0 Å². The Kier molecular flexibility index (Phi) is 4.34. The number of imidazole rings is 1. The Morgan fingerprint density at radius 1 is 1.21 bits per heavy atom. The lowest BCUT2D eigenvalue weighted by atomic mass is 9.96. The van der Waals surface area contributed by atoms with Crippen LogP contribution in [0, 0.1) is 13.8 Å². The van der Waals surface area contributed by atoms with Crippen LogP contribution in [0.5, 0.6) is 0 Å². The number of allylic oxidation sites excluding steroid dienone is 1. The molecule has 0 bridgehead atoms. The number of nitrogens with zero attached hydrogens (tertiary/aromatic N) is 1. The van der Waals surface area contributed by atoms with Gasteiger partial charge in [-0.15, -0.1) is 0 Å². The molecular weight excluding hydrogens is 296 g/mol. The van der Waals surface area contributed by atoms with Gasteiger partial charge >= 0.3 is 0 Å². The molecule has 3 aromatic rings. The van der Waals surface area contributed by atoms with E-state index in [0.29, 0.717) is 5.56 Å². The van der Waals surface area contributed by atoms with E-state index in [9.17, 15) is 4.79 Å². The van der Waals surface area contributed by atoms with E-state index in [4.69, 9.17) is 4.98 Å². The van der Waals surface area contributed by atoms with E-state index in [2.05, 4.69) is 50.0 Å². The largest absolute Gasteiger partial charge is 0.338 e. The molecule has 0 fully saturated rings. The number of nitrogens with one attached hydrogen (secondary N) is 1. The van der Waals surface area contributed by atoms with Crippen LogP contribution in [0.3, 0.4) is 0 Å². The van der Waals surface area contributed by atoms with Gasteiger partial charge in [0.15, 0.2) is 5.78 Å². The molecule has 2 aromatic carbocycles. The molecule has 1 aromatic heterocycles. The predicted molar refractivity (Wildman–Crippen MR) is 100 cm³/mol. The molecule has 0 saturated heterocycles. The Morgan fingerprint density at radius 2 is 2.00 bits per heavy atom. The lowest BCUT2D eigenvalue weighted by Gasteiger charge is -2.10. The van der Waals surface area contributed by atoms with Crippen molar-refractivity contribution in [3.05, 3.63) is 58.7 Å². The van der Waals surface area contributed by atoms with Crippen LogP contribution in [-0.4, -0.2) is 15.8 Å². The summed E-state index contributed by atoms with van der Waals surface area (Å²) >= 11 is 0. The lowest BCUT2D eigenvalue weighted by Crippen LogP contribution is -1.92. The van der Waals surface area contributed by atoms with Crippen LogP contribution >= 0.6 is 0 Å². The summed E-state index contributed by atoms with van der Waals surface area (Å²) in [7, 11) is 0. The summed E-state index contributed by atoms with van der Waals surface area (Å²) in [5.74, 6) is 0.904. The molecule has 3 heteroatoms. The fourth-order valence-electron chi connectivity index (χ4n) is 2.97. The third kappa shape index (κ3) is 2.90. The maximum atomic E-state index is 11.6. The average Bonchev–Trinajstić information content (AvgIpc) is 2.97. The van der Waals surface area contributed by atoms with E-state index in [-0.39, 0.29) is 5.78 Å². The molecule has 0 aliphatic heterocycles. The maximum absolute atomic E-state index is 11.6. The molecule has 3 nitrogen and oxygen atoms in total. The maximum Gasteiger partial charge on any atom is 0.159 e. The number of aryl methyl sites for hydroxylation is 1. The number of carbonyl (C=O) groups excluding carboxylic acids is 1. The Bertz CT molecular complexity index is 948. The van der Waals surface area contributed by atoms with Gasteiger partial charge < -0.3 is 4.98 Å². The van der Waals surface area contributed by atoms with Gasteiger partial charge in [0.25, 0.3) is 0 Å². The van der Waals surface area contributed by atoms with Crippen molar-refractivity contribution in [3.63, 3.8) is 0 Å². The summed E-state index contributed by atoms with van der Waals surface area (Å²) in [5.41, 5.74) is 7.28. The van der Waals surface area contributed by atoms with Crippen molar-refractivity contribution in [1.82, 2.24) is 9.97 Å². The van der Waals surface area contributed by atoms with Crippen molar-refractivity contribution < 1.29 is 4.79 Å². The summed E-state index contributed by atoms with van der Waals surface area (Å²) in [6.45, 7) is 7.97. The Labute approximate surface area is 142 Å². The van der Waals surface area contributed by atoms with Gasteiger partial charge in [0.2, 0.25) is 0 Å². The first-order valence-electron chi connectivity index (χ1n) is 8.29. The minimum absolute atomic E-state index is 0.0616. The SMILES string of the molecule is CC/C=C\c1c(C)ccc(-c2nc3ccc(C(C)=O)cc3[nH]2)c1C. The van der Waals surface area contributed by atoms with Gasteiger partial charge in [0.05, 0.1) is 11.0 Å². The topological polar surface area (TPSA) is 45.8 Å². The van der Waals surface area contributed by atoms with E-state index in [1.807, 2.05) is 18.2 Å². The van der Waals surface area contributed by atoms with Gasteiger partial charge in [-0.3, -0.25) is 4.79 Å². The molecule has 3 rings (SSSR count). The summed E-state index contributed by atoms with van der Waals surface area (Å²) in [6.07, 6.45) is 5.38. The predicted octanol–water partition coefficient (Wildman–Crippen LogP) is 5.47. The van der Waals surface area contributed by atoms with Crippen molar-refractivity contribution in [2.24, 2.45) is 0 Å². The number of aromatic nitrogens is 2. The summed E-state index contributed by atoms with van der Waals surface area (Å²) in [6, 6.07) is 9.83. The standard InChI is InChI=1S/C21H22N2O/c1-5-6-7-17-13(2)8-10-18(14(17)3)21-22-19-11-9-16(15(4)24)12-20(19)23-21/h6-12H,5H2,1-4H3,(H,22,23)/b7-6-. The van der Waals surface area contributed by atoms with Crippen LogP contribution in [-0.2, 0) is 0 Å². The lowest BCUT2D eigenvalue weighted by molar-refractivity contribution is 0.101. The van der Waals surface area contributed by atoms with Crippen LogP contribution in [0.4, 0.5) is 0 Å². The number of carbonyl (C=O) groups is 1. The highest BCUT2D eigenvalue weighted by molar-refractivity contribution is 5.97. The summed E-state index contributed by atoms with van der Waals surface area (Å²) in [5, 5.41) is 0. The van der Waals surface area contributed by atoms with Gasteiger partial charge in [-0.25, -0.2) is 4.98 Å². The van der Waals surface area contributed by atoms with Gasteiger partial charge in [0, 0.05) is 11.1 Å². The molecule has 0 amide bonds. The second-order valence-electron chi connectivity index (χ2n) is 6.15. The van der Waals surface area contributed by atoms with Gasteiger partial charge in [-0.1, -0.05) is 31.2 Å². The normalized spacial score (nSPS) is 11.5. The van der Waals surface area contributed by atoms with Crippen molar-refractivity contribution in [2.45, 2.75) is 34.1 Å². The smallest absolute Gasteiger partial charge is 0.159 e. The minimum Gasteiger partial charge on any atom is -0.338 e. The first-order valence-corrected chi connectivity index (χ1v) is 8.29. The van der Waals surface area contributed by atoms with Gasteiger partial charge in [-0.2, -0.15) is 0 Å². The third-order valence-corrected chi connectivity index (χ3v) is 4.40. The number of fused-ring (bicyclic) bond motifs is 1. The molecule has 0 atom stereocenters. The van der Waals surface area contributed by atoms with E-state index in [1.165, 1.54) is 16.7 Å². The number of hydrogen-bond acceptors (Lipinski definition) is 2. The second kappa shape index (κ2) is 6.44. The molecule has 0 saturated carbocycles. The average molecular weight is 318 g/mol. The molecule has 0 aliphatic carbocycles. The highest BCUT2D eigenvalue weighted by Gasteiger charge is 2.12. The second-order valence-corrected chi connectivity index (χ2v) is 6.15. The van der Waals surface area contributed by atoms with Crippen LogP contribution in [0.15, 0.2) is 36.4 Å². The molecule has 0 radical (unpaired) electrons. The quantitative estimate of drug-likeness (QED) is 0.648. The zero-order valence-corrected chi connectivity index (χ0v) is 14.6. The van der Waals surface area contributed by atoms with Gasteiger partial charge in [0.1, 0.15) is 5.82 Å². The Balaban J connectivity index is 2.13. The number of benzene rings is 2. The first kappa shape index (κ1) is 16.2. The number of H-pyrrole nitrogens is 1. The van der Waals surface area contributed by atoms with E-state index in [0.717, 1.165) is 28.8 Å². The monoisotopic (exact) mass is 318 g/mol. The third-order valence-electron chi connectivity index (χ3n) is 4.40. The molecular formula is C21H22N2O.